The van der Waals surface area contributed by atoms with Gasteiger partial charge >= 0.3 is 0 Å². The summed E-state index contributed by atoms with van der Waals surface area (Å²) in [6.07, 6.45) is 5.60. The van der Waals surface area contributed by atoms with Gasteiger partial charge in [0, 0.05) is 0 Å². The van der Waals surface area contributed by atoms with Crippen LogP contribution in [0.5, 0.6) is 0 Å². The van der Waals surface area contributed by atoms with Gasteiger partial charge in [0.1, 0.15) is 0 Å². The van der Waals surface area contributed by atoms with Crippen molar-refractivity contribution in [1.29, 1.82) is 0 Å². The molecular weight excluding hydrogens is 110 g/mol. The van der Waals surface area contributed by atoms with Gasteiger partial charge in [-0.1, -0.05) is 13.0 Å². The molecule has 0 atom stereocenters. The van der Waals surface area contributed by atoms with E-state index in [4.69, 9.17) is 0 Å². The highest BCUT2D eigenvalue weighted by atomic mass is 15.3. The molecule has 0 saturated carbocycles. The third-order valence-corrected chi connectivity index (χ3v) is 1.06. The Labute approximate surface area is 58.6 Å². The Morgan fingerprint density at radius 3 is 2.00 bits per heavy atom. The van der Waals surface area contributed by atoms with Crippen LogP contribution in [-0.4, -0.2) is 32.2 Å². The Hall–Kier alpha value is -0.300. The molecule has 0 aromatic carbocycles. The fourth-order valence-corrected chi connectivity index (χ4v) is 0.557. The molecule has 0 spiro atoms. The summed E-state index contributed by atoms with van der Waals surface area (Å²) in [5, 5.41) is 0. The average molecular weight is 128 g/mol. The Morgan fingerprint density at radius 2 is 1.67 bits per heavy atom. The first-order valence-corrected chi connectivity index (χ1v) is 3.51. The van der Waals surface area contributed by atoms with Gasteiger partial charge in [0.2, 0.25) is 0 Å². The second kappa shape index (κ2) is 3.67. The predicted molar refractivity (Wildman–Crippen MR) is 42.3 cm³/mol. The molecule has 0 aliphatic rings. The lowest BCUT2D eigenvalue weighted by molar-refractivity contribution is -0.864. The van der Waals surface area contributed by atoms with Crippen LogP contribution in [-0.2, 0) is 0 Å². The molecule has 0 radical (unpaired) electrons. The van der Waals surface area contributed by atoms with Crippen LogP contribution < -0.4 is 0 Å². The van der Waals surface area contributed by atoms with Gasteiger partial charge in [-0.15, -0.1) is 0 Å². The van der Waals surface area contributed by atoms with Gasteiger partial charge in [-0.25, -0.2) is 0 Å². The van der Waals surface area contributed by atoms with Gasteiger partial charge in [-0.05, 0) is 12.5 Å². The Morgan fingerprint density at radius 1 is 1.11 bits per heavy atom. The molecule has 0 bridgehead atoms. The van der Waals surface area contributed by atoms with Gasteiger partial charge in [-0.3, -0.25) is 0 Å². The quantitative estimate of drug-likeness (QED) is 0.400. The van der Waals surface area contributed by atoms with Gasteiger partial charge < -0.3 is 4.48 Å². The van der Waals surface area contributed by atoms with Gasteiger partial charge in [0.15, 0.2) is 0 Å². The molecule has 0 rings (SSSR count). The van der Waals surface area contributed by atoms with Gasteiger partial charge in [0.05, 0.1) is 27.7 Å². The highest BCUT2D eigenvalue weighted by Gasteiger charge is 2.00. The van der Waals surface area contributed by atoms with Crippen LogP contribution in [0.2, 0.25) is 0 Å². The molecule has 0 saturated heterocycles. The number of rotatable bonds is 3. The van der Waals surface area contributed by atoms with Crippen molar-refractivity contribution in [3.05, 3.63) is 12.2 Å². The number of hydrogen-bond donors (Lipinski definition) is 0. The summed E-state index contributed by atoms with van der Waals surface area (Å²) < 4.78 is 1.02. The second-order valence-corrected chi connectivity index (χ2v) is 3.35. The van der Waals surface area contributed by atoms with E-state index < -0.39 is 0 Å². The van der Waals surface area contributed by atoms with E-state index in [2.05, 4.69) is 40.2 Å². The van der Waals surface area contributed by atoms with Crippen LogP contribution in [0.25, 0.3) is 0 Å². The second-order valence-electron chi connectivity index (χ2n) is 3.35. The molecule has 0 aromatic heterocycles. The SMILES string of the molecule is CCC=CC[N+](C)(C)C. The van der Waals surface area contributed by atoms with Crippen molar-refractivity contribution in [2.75, 3.05) is 27.7 Å². The van der Waals surface area contributed by atoms with E-state index in [1.807, 2.05) is 0 Å². The Kier molecular flexibility index (Phi) is 3.55. The maximum Gasteiger partial charge on any atom is 0.0967 e. The zero-order chi connectivity index (χ0) is 7.33. The fourth-order valence-electron chi connectivity index (χ4n) is 0.557. The summed E-state index contributed by atoms with van der Waals surface area (Å²) in [6, 6.07) is 0. The van der Waals surface area contributed by atoms with Gasteiger partial charge in [0.25, 0.3) is 0 Å². The first-order chi connectivity index (χ1) is 4.06. The molecule has 9 heavy (non-hydrogen) atoms. The monoisotopic (exact) mass is 128 g/mol. The van der Waals surface area contributed by atoms with Crippen LogP contribution in [0.4, 0.5) is 0 Å². The molecule has 0 amide bonds. The Balaban J connectivity index is 3.38. The lowest BCUT2D eigenvalue weighted by Gasteiger charge is -2.21. The van der Waals surface area contributed by atoms with E-state index in [9.17, 15) is 0 Å². The standard InChI is InChI=1S/C8H18N/c1-5-6-7-8-9(2,3)4/h6-7H,5,8H2,1-4H3/q+1. The van der Waals surface area contributed by atoms with E-state index >= 15 is 0 Å². The molecule has 0 fully saturated rings. The Bertz CT molecular complexity index is 87.2. The number of allylic oxidation sites excluding steroid dienone is 1. The molecule has 1 heteroatoms. The lowest BCUT2D eigenvalue weighted by atomic mass is 10.4. The van der Waals surface area contributed by atoms with E-state index in [0.717, 1.165) is 17.4 Å². The van der Waals surface area contributed by atoms with Crippen molar-refractivity contribution in [2.24, 2.45) is 0 Å². The van der Waals surface area contributed by atoms with Crippen LogP contribution in [0, 0.1) is 0 Å². The maximum absolute atomic E-state index is 2.24. The molecular formula is C8H18N+. The summed E-state index contributed by atoms with van der Waals surface area (Å²) in [4.78, 5) is 0. The zero-order valence-corrected chi connectivity index (χ0v) is 7.02. The van der Waals surface area contributed by atoms with Crippen LogP contribution >= 0.6 is 0 Å². The van der Waals surface area contributed by atoms with Crippen molar-refractivity contribution in [2.45, 2.75) is 13.3 Å². The summed E-state index contributed by atoms with van der Waals surface area (Å²) in [5.41, 5.74) is 0. The molecule has 1 nitrogen and oxygen atoms in total. The normalized spacial score (nSPS) is 12.9. The topological polar surface area (TPSA) is 0 Å². The minimum absolute atomic E-state index is 1.02. The molecule has 54 valence electrons. The number of hydrogen-bond acceptors (Lipinski definition) is 0. The highest BCUT2D eigenvalue weighted by Crippen LogP contribution is 1.90. The molecule has 0 heterocycles. The van der Waals surface area contributed by atoms with E-state index in [-0.39, 0.29) is 0 Å². The first-order valence-electron chi connectivity index (χ1n) is 3.51. The summed E-state index contributed by atoms with van der Waals surface area (Å²) >= 11 is 0. The molecule has 0 aliphatic heterocycles. The first kappa shape index (κ1) is 8.70. The molecule has 0 unspecified atom stereocenters. The third kappa shape index (κ3) is 7.70. The maximum atomic E-state index is 2.24. The smallest absolute Gasteiger partial charge is 0.0967 e. The minimum atomic E-state index is 1.02. The van der Waals surface area contributed by atoms with E-state index in [1.165, 1.54) is 0 Å². The zero-order valence-electron chi connectivity index (χ0n) is 7.02. The van der Waals surface area contributed by atoms with Crippen molar-refractivity contribution in [3.63, 3.8) is 0 Å². The van der Waals surface area contributed by atoms with Crippen molar-refractivity contribution in [3.8, 4) is 0 Å². The fraction of sp³-hybridized carbons (Fsp3) is 0.750. The third-order valence-electron chi connectivity index (χ3n) is 1.06. The minimum Gasteiger partial charge on any atom is -0.328 e. The van der Waals surface area contributed by atoms with E-state index in [1.54, 1.807) is 0 Å². The number of nitrogens with zero attached hydrogens (tertiary/aromatic N) is 1. The number of likely N-dealkylation sites (N-methyl/N-ethyl adjacent to an activating group) is 1. The average Bonchev–Trinajstić information content (AvgIpc) is 1.63. The predicted octanol–water partition coefficient (Wildman–Crippen LogP) is 1.66. The molecule has 0 aromatic rings. The van der Waals surface area contributed by atoms with Crippen molar-refractivity contribution in [1.82, 2.24) is 0 Å². The summed E-state index contributed by atoms with van der Waals surface area (Å²) in [7, 11) is 6.58. The van der Waals surface area contributed by atoms with Crippen molar-refractivity contribution >= 4 is 0 Å². The van der Waals surface area contributed by atoms with Gasteiger partial charge in [-0.2, -0.15) is 0 Å². The number of quaternary nitrogens is 1. The summed E-state index contributed by atoms with van der Waals surface area (Å²) in [5.74, 6) is 0. The van der Waals surface area contributed by atoms with Crippen LogP contribution in [0.1, 0.15) is 13.3 Å². The summed E-state index contributed by atoms with van der Waals surface area (Å²) in [6.45, 7) is 3.29. The highest BCUT2D eigenvalue weighted by molar-refractivity contribution is 4.79. The van der Waals surface area contributed by atoms with E-state index in [0.29, 0.717) is 0 Å². The van der Waals surface area contributed by atoms with Crippen molar-refractivity contribution < 1.29 is 4.48 Å². The van der Waals surface area contributed by atoms with Crippen LogP contribution in [0.15, 0.2) is 12.2 Å². The molecule has 0 N–H and O–H groups in total. The largest absolute Gasteiger partial charge is 0.328 e. The lowest BCUT2D eigenvalue weighted by Crippen LogP contribution is -2.34. The van der Waals surface area contributed by atoms with Crippen LogP contribution in [0.3, 0.4) is 0 Å². The molecule has 0 aliphatic carbocycles.